The van der Waals surface area contributed by atoms with Crippen LogP contribution < -0.4 is 16.4 Å². The van der Waals surface area contributed by atoms with Gasteiger partial charge in [-0.25, -0.2) is 4.79 Å². The molecule has 3 rings (SSSR count). The lowest BCUT2D eigenvalue weighted by Gasteiger charge is -2.29. The van der Waals surface area contributed by atoms with Crippen molar-refractivity contribution in [1.82, 2.24) is 20.5 Å². The van der Waals surface area contributed by atoms with Gasteiger partial charge in [0, 0.05) is 30.1 Å². The van der Waals surface area contributed by atoms with Crippen LogP contribution in [0.3, 0.4) is 0 Å². The lowest BCUT2D eigenvalue weighted by atomic mass is 10.0. The number of nitrogens with zero attached hydrogens (tertiary/aromatic N) is 1. The van der Waals surface area contributed by atoms with Gasteiger partial charge in [-0.15, -0.1) is 0 Å². The second kappa shape index (κ2) is 12.5. The number of nitrogens with one attached hydrogen (secondary N) is 3. The molecule has 5 unspecified atom stereocenters. The van der Waals surface area contributed by atoms with E-state index in [1.54, 1.807) is 6.20 Å². The summed E-state index contributed by atoms with van der Waals surface area (Å²) in [6, 6.07) is 2.46. The van der Waals surface area contributed by atoms with Crippen LogP contribution in [0.15, 0.2) is 30.5 Å². The minimum absolute atomic E-state index is 0.147. The van der Waals surface area contributed by atoms with E-state index in [-0.39, 0.29) is 25.8 Å². The van der Waals surface area contributed by atoms with Gasteiger partial charge in [-0.3, -0.25) is 19.2 Å². The second-order valence-corrected chi connectivity index (χ2v) is 9.42. The summed E-state index contributed by atoms with van der Waals surface area (Å²) in [5.74, 6) is -4.79. The van der Waals surface area contributed by atoms with Gasteiger partial charge in [-0.1, -0.05) is 18.2 Å². The van der Waals surface area contributed by atoms with Crippen LogP contribution in [0.25, 0.3) is 10.9 Å². The molecule has 1 aromatic carbocycles. The molecular formula is C25H33N5O8. The molecule has 1 aromatic heterocycles. The molecule has 38 heavy (non-hydrogen) atoms. The van der Waals surface area contributed by atoms with Crippen LogP contribution in [-0.2, 0) is 30.4 Å². The van der Waals surface area contributed by atoms with Crippen molar-refractivity contribution in [3.63, 3.8) is 0 Å². The predicted molar refractivity (Wildman–Crippen MR) is 135 cm³/mol. The fraction of sp³-hybridized carbons (Fsp3) is 0.480. The van der Waals surface area contributed by atoms with Crippen LogP contribution in [0.4, 0.5) is 0 Å². The minimum atomic E-state index is -1.49. The molecule has 1 saturated heterocycles. The molecule has 1 aliphatic rings. The molecular weight excluding hydrogens is 498 g/mol. The Kier molecular flexibility index (Phi) is 9.42. The summed E-state index contributed by atoms with van der Waals surface area (Å²) in [5.41, 5.74) is 7.75. The molecule has 0 radical (unpaired) electrons. The molecule has 13 heteroatoms. The molecule has 8 N–H and O–H groups in total. The number of hydrogen-bond donors (Lipinski definition) is 7. The number of carboxylic acids is 2. The molecule has 0 bridgehead atoms. The normalized spacial score (nSPS) is 18.4. The zero-order chi connectivity index (χ0) is 28.0. The Morgan fingerprint density at radius 1 is 1.13 bits per heavy atom. The van der Waals surface area contributed by atoms with E-state index < -0.39 is 66.4 Å². The average molecular weight is 532 g/mol. The molecule has 13 nitrogen and oxygen atoms in total. The van der Waals surface area contributed by atoms with Gasteiger partial charge >= 0.3 is 11.9 Å². The van der Waals surface area contributed by atoms with Gasteiger partial charge in [0.1, 0.15) is 18.1 Å². The van der Waals surface area contributed by atoms with Crippen LogP contribution >= 0.6 is 0 Å². The lowest BCUT2D eigenvalue weighted by molar-refractivity contribution is -0.150. The minimum Gasteiger partial charge on any atom is -0.481 e. The fourth-order valence-corrected chi connectivity index (χ4v) is 4.57. The number of likely N-dealkylation sites (tertiary alicyclic amines) is 1. The summed E-state index contributed by atoms with van der Waals surface area (Å²) < 4.78 is 0. The van der Waals surface area contributed by atoms with Crippen molar-refractivity contribution in [1.29, 1.82) is 0 Å². The number of nitrogens with two attached hydrogens (primary N) is 1. The maximum atomic E-state index is 13.1. The number of H-pyrrole nitrogens is 1. The van der Waals surface area contributed by atoms with Gasteiger partial charge in [0.2, 0.25) is 17.7 Å². The Labute approximate surface area is 218 Å². The summed E-state index contributed by atoms with van der Waals surface area (Å²) in [4.78, 5) is 65.8. The highest BCUT2D eigenvalue weighted by molar-refractivity contribution is 5.95. The molecule has 0 spiro atoms. The van der Waals surface area contributed by atoms with Gasteiger partial charge in [0.25, 0.3) is 0 Å². The van der Waals surface area contributed by atoms with Crippen LogP contribution in [-0.4, -0.2) is 91.7 Å². The zero-order valence-electron chi connectivity index (χ0n) is 20.9. The van der Waals surface area contributed by atoms with E-state index in [0.29, 0.717) is 6.42 Å². The first-order chi connectivity index (χ1) is 18.0. The van der Waals surface area contributed by atoms with Crippen molar-refractivity contribution in [2.24, 2.45) is 5.73 Å². The fourth-order valence-electron chi connectivity index (χ4n) is 4.57. The molecule has 2 aromatic rings. The summed E-state index contributed by atoms with van der Waals surface area (Å²) >= 11 is 0. The van der Waals surface area contributed by atoms with Crippen molar-refractivity contribution in [2.45, 2.75) is 69.3 Å². The number of aliphatic hydroxyl groups excluding tert-OH is 1. The van der Waals surface area contributed by atoms with E-state index in [1.807, 2.05) is 24.3 Å². The highest BCUT2D eigenvalue weighted by atomic mass is 16.4. The van der Waals surface area contributed by atoms with Gasteiger partial charge < -0.3 is 41.6 Å². The van der Waals surface area contributed by atoms with Crippen molar-refractivity contribution < 1.29 is 39.3 Å². The third kappa shape index (κ3) is 6.86. The number of hydrogen-bond acceptors (Lipinski definition) is 7. The highest BCUT2D eigenvalue weighted by Gasteiger charge is 2.39. The number of carbonyl (C=O) groups is 5. The van der Waals surface area contributed by atoms with Gasteiger partial charge in [-0.05, 0) is 44.2 Å². The van der Waals surface area contributed by atoms with E-state index in [0.717, 1.165) is 21.4 Å². The smallest absolute Gasteiger partial charge is 0.326 e. The number of rotatable bonds is 12. The number of amides is 3. The van der Waals surface area contributed by atoms with Crippen LogP contribution in [0.5, 0.6) is 0 Å². The SMILES string of the molecule is CC(O)C(NC(=O)C(N)Cc1c[nH]c2ccccc12)C(=O)NC(CCC(=O)O)C(=O)N1CCCC1C(=O)O. The number of carbonyl (C=O) groups excluding carboxylic acids is 3. The quantitative estimate of drug-likeness (QED) is 0.184. The van der Waals surface area contributed by atoms with Gasteiger partial charge in [0.05, 0.1) is 12.1 Å². The van der Waals surface area contributed by atoms with Crippen LogP contribution in [0, 0.1) is 0 Å². The second-order valence-electron chi connectivity index (χ2n) is 9.42. The first-order valence-electron chi connectivity index (χ1n) is 12.3. The molecule has 1 fully saturated rings. The van der Waals surface area contributed by atoms with Crippen molar-refractivity contribution in [3.05, 3.63) is 36.0 Å². The van der Waals surface area contributed by atoms with Gasteiger partial charge in [0.15, 0.2) is 0 Å². The highest BCUT2D eigenvalue weighted by Crippen LogP contribution is 2.20. The summed E-state index contributed by atoms with van der Waals surface area (Å²) in [6.45, 7) is 1.42. The molecule has 0 saturated carbocycles. The Bertz CT molecular complexity index is 1200. The lowest BCUT2D eigenvalue weighted by Crippen LogP contribution is -2.60. The first-order valence-corrected chi connectivity index (χ1v) is 12.3. The van der Waals surface area contributed by atoms with E-state index in [2.05, 4.69) is 15.6 Å². The molecule has 3 amide bonds. The maximum Gasteiger partial charge on any atom is 0.326 e. The first kappa shape index (κ1) is 28.6. The predicted octanol–water partition coefficient (Wildman–Crippen LogP) is -0.671. The Morgan fingerprint density at radius 2 is 1.84 bits per heavy atom. The maximum absolute atomic E-state index is 13.1. The largest absolute Gasteiger partial charge is 0.481 e. The number of fused-ring (bicyclic) bond motifs is 1. The Hall–Kier alpha value is -3.97. The van der Waals surface area contributed by atoms with Gasteiger partial charge in [-0.2, -0.15) is 0 Å². The molecule has 2 heterocycles. The van der Waals surface area contributed by atoms with E-state index >= 15 is 0 Å². The number of aliphatic hydroxyl groups is 1. The third-order valence-corrected chi connectivity index (χ3v) is 6.60. The summed E-state index contributed by atoms with van der Waals surface area (Å²) in [6.07, 6.45) is 0.415. The molecule has 1 aliphatic heterocycles. The molecule has 206 valence electrons. The third-order valence-electron chi connectivity index (χ3n) is 6.60. The van der Waals surface area contributed by atoms with Crippen LogP contribution in [0.1, 0.15) is 38.2 Å². The van der Waals surface area contributed by atoms with Crippen molar-refractivity contribution in [2.75, 3.05) is 6.54 Å². The van der Waals surface area contributed by atoms with Crippen molar-refractivity contribution in [3.8, 4) is 0 Å². The number of aromatic amines is 1. The average Bonchev–Trinajstić information content (AvgIpc) is 3.52. The topological polar surface area (TPSA) is 215 Å². The van der Waals surface area contributed by atoms with E-state index in [4.69, 9.17) is 10.8 Å². The molecule has 0 aliphatic carbocycles. The summed E-state index contributed by atoms with van der Waals surface area (Å²) in [5, 5.41) is 34.4. The Morgan fingerprint density at radius 3 is 2.50 bits per heavy atom. The van der Waals surface area contributed by atoms with Crippen molar-refractivity contribution >= 4 is 40.6 Å². The standard InChI is InChI=1S/C25H33N5O8/c1-13(31)21(29-22(34)16(26)11-14-12-27-17-6-3-2-5-15(14)17)23(35)28-18(8-9-20(32)33)24(36)30-10-4-7-19(30)25(37)38/h2-3,5-6,12-13,16,18-19,21,27,31H,4,7-11,26H2,1H3,(H,28,35)(H,29,34)(H,32,33)(H,37,38). The summed E-state index contributed by atoms with van der Waals surface area (Å²) in [7, 11) is 0. The monoisotopic (exact) mass is 531 g/mol. The van der Waals surface area contributed by atoms with Crippen LogP contribution in [0.2, 0.25) is 0 Å². The number of para-hydroxylation sites is 1. The van der Waals surface area contributed by atoms with E-state index in [1.165, 1.54) is 6.92 Å². The number of carboxylic acid groups (broad SMARTS) is 2. The zero-order valence-corrected chi connectivity index (χ0v) is 20.9. The van der Waals surface area contributed by atoms with E-state index in [9.17, 15) is 34.2 Å². The number of aromatic nitrogens is 1. The number of benzene rings is 1. The Balaban J connectivity index is 1.70. The number of aliphatic carboxylic acids is 2. The molecule has 5 atom stereocenters.